The summed E-state index contributed by atoms with van der Waals surface area (Å²) >= 11 is 0. The minimum absolute atomic E-state index is 0.207. The van der Waals surface area contributed by atoms with Crippen LogP contribution in [0.1, 0.15) is 27.9 Å². The number of carbonyl (C=O) groups excluding carboxylic acids is 1. The van der Waals surface area contributed by atoms with Gasteiger partial charge in [0.15, 0.2) is 0 Å². The van der Waals surface area contributed by atoms with Crippen molar-refractivity contribution in [2.75, 3.05) is 38.2 Å². The van der Waals surface area contributed by atoms with Crippen LogP contribution in [0.3, 0.4) is 0 Å². The van der Waals surface area contributed by atoms with Crippen LogP contribution in [0.2, 0.25) is 0 Å². The number of pyridine rings is 1. The molecule has 1 amide bonds. The van der Waals surface area contributed by atoms with Gasteiger partial charge < -0.3 is 20.5 Å². The van der Waals surface area contributed by atoms with Crippen LogP contribution in [0, 0.1) is 0 Å². The van der Waals surface area contributed by atoms with Crippen LogP contribution in [0.5, 0.6) is 0 Å². The molecule has 154 valence electrons. The Morgan fingerprint density at radius 1 is 1.31 bits per heavy atom. The molecule has 2 aromatic rings. The largest absolute Gasteiger partial charge is 0.390 e. The minimum atomic E-state index is -0.612. The molecule has 7 nitrogen and oxygen atoms in total. The van der Waals surface area contributed by atoms with E-state index < -0.39 is 6.10 Å². The standard InChI is InChI=1S/C22H28N4O3/c27-20(14-26-9-6-16-3-1-2-4-18(16)13-26)12-24-22(28)17-5-8-23-21(11-17)25-19-7-10-29-15-19/h1-5,8,11,19-20,27H,6-7,9-10,12-15H2,(H,23,25)(H,24,28)/t19?,20-/m0/s1. The summed E-state index contributed by atoms with van der Waals surface area (Å²) in [6.45, 7) is 3.93. The normalized spacial score (nSPS) is 20.1. The average molecular weight is 396 g/mol. The van der Waals surface area contributed by atoms with Gasteiger partial charge >= 0.3 is 0 Å². The Hall–Kier alpha value is -2.48. The second kappa shape index (κ2) is 9.35. The number of β-amino-alcohol motifs (C(OH)–C–C–N with tert-alkyl or cyclic N) is 1. The van der Waals surface area contributed by atoms with E-state index in [9.17, 15) is 9.90 Å². The SMILES string of the molecule is O=C(NC[C@H](O)CN1CCc2ccccc2C1)c1ccnc(NC2CCOC2)c1. The molecular weight excluding hydrogens is 368 g/mol. The number of carbonyl (C=O) groups is 1. The molecule has 1 saturated heterocycles. The molecule has 1 fully saturated rings. The quantitative estimate of drug-likeness (QED) is 0.656. The molecule has 0 spiro atoms. The van der Waals surface area contributed by atoms with Gasteiger partial charge in [0.1, 0.15) is 5.82 Å². The average Bonchev–Trinajstić information content (AvgIpc) is 3.25. The predicted octanol–water partition coefficient (Wildman–Crippen LogP) is 1.43. The Kier molecular flexibility index (Phi) is 6.39. The fraction of sp³-hybridized carbons (Fsp3) is 0.455. The molecular formula is C22H28N4O3. The first-order valence-corrected chi connectivity index (χ1v) is 10.2. The van der Waals surface area contributed by atoms with Gasteiger partial charge in [0.05, 0.1) is 18.8 Å². The van der Waals surface area contributed by atoms with Gasteiger partial charge in [-0.3, -0.25) is 9.69 Å². The van der Waals surface area contributed by atoms with Gasteiger partial charge in [-0.25, -0.2) is 4.98 Å². The Balaban J connectivity index is 1.25. The van der Waals surface area contributed by atoms with Gasteiger partial charge in [-0.1, -0.05) is 24.3 Å². The number of ether oxygens (including phenoxy) is 1. The molecule has 1 aromatic carbocycles. The van der Waals surface area contributed by atoms with Crippen LogP contribution in [0.25, 0.3) is 0 Å². The van der Waals surface area contributed by atoms with Crippen LogP contribution in [-0.2, 0) is 17.7 Å². The molecule has 4 rings (SSSR count). The lowest BCUT2D eigenvalue weighted by Gasteiger charge is -2.30. The Labute approximate surface area is 171 Å². The summed E-state index contributed by atoms with van der Waals surface area (Å²) in [6, 6.07) is 12.1. The van der Waals surface area contributed by atoms with Gasteiger partial charge in [0.25, 0.3) is 5.91 Å². The van der Waals surface area contributed by atoms with E-state index in [4.69, 9.17) is 4.74 Å². The first-order valence-electron chi connectivity index (χ1n) is 10.2. The third-order valence-electron chi connectivity index (χ3n) is 5.48. The van der Waals surface area contributed by atoms with Crippen molar-refractivity contribution in [3.8, 4) is 0 Å². The maximum Gasteiger partial charge on any atom is 0.251 e. The van der Waals surface area contributed by atoms with Crippen LogP contribution < -0.4 is 10.6 Å². The van der Waals surface area contributed by atoms with E-state index in [-0.39, 0.29) is 18.5 Å². The lowest BCUT2D eigenvalue weighted by molar-refractivity contribution is 0.0842. The van der Waals surface area contributed by atoms with Crippen molar-refractivity contribution in [1.82, 2.24) is 15.2 Å². The van der Waals surface area contributed by atoms with E-state index in [1.165, 1.54) is 11.1 Å². The van der Waals surface area contributed by atoms with Gasteiger partial charge in [0.2, 0.25) is 0 Å². The first kappa shape index (κ1) is 19.8. The summed E-state index contributed by atoms with van der Waals surface area (Å²) in [5.41, 5.74) is 3.23. The summed E-state index contributed by atoms with van der Waals surface area (Å²) in [5, 5.41) is 16.5. The number of hydrogen-bond donors (Lipinski definition) is 3. The van der Waals surface area contributed by atoms with E-state index in [1.807, 2.05) is 0 Å². The number of aromatic nitrogens is 1. The molecule has 3 heterocycles. The van der Waals surface area contributed by atoms with E-state index >= 15 is 0 Å². The highest BCUT2D eigenvalue weighted by Gasteiger charge is 2.19. The number of aliphatic hydroxyl groups is 1. The highest BCUT2D eigenvalue weighted by molar-refractivity contribution is 5.94. The molecule has 2 atom stereocenters. The number of nitrogens with zero attached hydrogens (tertiary/aromatic N) is 2. The number of nitrogens with one attached hydrogen (secondary N) is 2. The van der Waals surface area contributed by atoms with E-state index in [0.717, 1.165) is 32.5 Å². The molecule has 1 unspecified atom stereocenters. The van der Waals surface area contributed by atoms with Crippen LogP contribution in [0.4, 0.5) is 5.82 Å². The van der Waals surface area contributed by atoms with Crippen molar-refractivity contribution >= 4 is 11.7 Å². The van der Waals surface area contributed by atoms with Gasteiger partial charge in [0, 0.05) is 44.5 Å². The van der Waals surface area contributed by atoms with E-state index in [2.05, 4.69) is 44.8 Å². The van der Waals surface area contributed by atoms with Crippen molar-refractivity contribution in [2.24, 2.45) is 0 Å². The van der Waals surface area contributed by atoms with E-state index in [0.29, 0.717) is 24.5 Å². The molecule has 1 aromatic heterocycles. The molecule has 3 N–H and O–H groups in total. The number of hydrogen-bond acceptors (Lipinski definition) is 6. The van der Waals surface area contributed by atoms with Crippen molar-refractivity contribution in [2.45, 2.75) is 31.5 Å². The topological polar surface area (TPSA) is 86.7 Å². The lowest BCUT2D eigenvalue weighted by Crippen LogP contribution is -2.42. The highest BCUT2D eigenvalue weighted by atomic mass is 16.5. The maximum absolute atomic E-state index is 12.5. The zero-order valence-corrected chi connectivity index (χ0v) is 16.5. The summed E-state index contributed by atoms with van der Waals surface area (Å²) in [4.78, 5) is 19.0. The number of rotatable bonds is 7. The molecule has 0 bridgehead atoms. The summed E-state index contributed by atoms with van der Waals surface area (Å²) in [6.07, 6.45) is 2.94. The van der Waals surface area contributed by atoms with Crippen molar-refractivity contribution in [3.05, 3.63) is 59.3 Å². The first-order chi connectivity index (χ1) is 14.2. The molecule has 0 aliphatic carbocycles. The minimum Gasteiger partial charge on any atom is -0.390 e. The number of benzene rings is 1. The molecule has 0 saturated carbocycles. The fourth-order valence-corrected chi connectivity index (χ4v) is 3.89. The number of anilines is 1. The molecule has 29 heavy (non-hydrogen) atoms. The smallest absolute Gasteiger partial charge is 0.251 e. The lowest BCUT2D eigenvalue weighted by atomic mass is 10.00. The summed E-state index contributed by atoms with van der Waals surface area (Å²) in [7, 11) is 0. The van der Waals surface area contributed by atoms with Gasteiger partial charge in [-0.05, 0) is 36.1 Å². The zero-order valence-electron chi connectivity index (χ0n) is 16.5. The highest BCUT2D eigenvalue weighted by Crippen LogP contribution is 2.18. The van der Waals surface area contributed by atoms with Gasteiger partial charge in [-0.15, -0.1) is 0 Å². The van der Waals surface area contributed by atoms with Gasteiger partial charge in [-0.2, -0.15) is 0 Å². The van der Waals surface area contributed by atoms with E-state index in [1.54, 1.807) is 18.3 Å². The van der Waals surface area contributed by atoms with Crippen LogP contribution >= 0.6 is 0 Å². The number of amides is 1. The second-order valence-corrected chi connectivity index (χ2v) is 7.75. The van der Waals surface area contributed by atoms with Crippen molar-refractivity contribution < 1.29 is 14.6 Å². The monoisotopic (exact) mass is 396 g/mol. The molecule has 2 aliphatic heterocycles. The summed E-state index contributed by atoms with van der Waals surface area (Å²) in [5.74, 6) is 0.460. The summed E-state index contributed by atoms with van der Waals surface area (Å²) < 4.78 is 5.35. The number of aliphatic hydroxyl groups excluding tert-OH is 1. The fourth-order valence-electron chi connectivity index (χ4n) is 3.89. The zero-order chi connectivity index (χ0) is 20.1. The number of fused-ring (bicyclic) bond motifs is 1. The Bertz CT molecular complexity index is 838. The Morgan fingerprint density at radius 2 is 2.17 bits per heavy atom. The maximum atomic E-state index is 12.5. The predicted molar refractivity (Wildman–Crippen MR) is 111 cm³/mol. The molecule has 7 heteroatoms. The Morgan fingerprint density at radius 3 is 3.00 bits per heavy atom. The third-order valence-corrected chi connectivity index (χ3v) is 5.48. The van der Waals surface area contributed by atoms with Crippen LogP contribution in [-0.4, -0.2) is 65.9 Å². The molecule has 0 radical (unpaired) electrons. The van der Waals surface area contributed by atoms with Crippen molar-refractivity contribution in [3.63, 3.8) is 0 Å². The second-order valence-electron chi connectivity index (χ2n) is 7.75. The third kappa shape index (κ3) is 5.32. The molecule has 2 aliphatic rings. The van der Waals surface area contributed by atoms with Crippen LogP contribution in [0.15, 0.2) is 42.6 Å². The van der Waals surface area contributed by atoms with Crippen molar-refractivity contribution in [1.29, 1.82) is 0 Å².